The minimum atomic E-state index is -1.45. The van der Waals surface area contributed by atoms with Gasteiger partial charge in [0.25, 0.3) is 5.91 Å². The summed E-state index contributed by atoms with van der Waals surface area (Å²) in [5.41, 5.74) is 0.615. The van der Waals surface area contributed by atoms with Crippen LogP contribution in [0.2, 0.25) is 5.02 Å². The topological polar surface area (TPSA) is 125 Å². The van der Waals surface area contributed by atoms with Gasteiger partial charge in [0, 0.05) is 26.1 Å². The van der Waals surface area contributed by atoms with E-state index in [0.29, 0.717) is 42.0 Å². The third-order valence-corrected chi connectivity index (χ3v) is 9.86. The molecule has 4 heterocycles. The molecule has 0 unspecified atom stereocenters. The van der Waals surface area contributed by atoms with E-state index in [4.69, 9.17) is 21.1 Å². The van der Waals surface area contributed by atoms with Gasteiger partial charge >= 0.3 is 5.97 Å². The van der Waals surface area contributed by atoms with Crippen molar-refractivity contribution in [2.45, 2.75) is 62.9 Å². The maximum absolute atomic E-state index is 14.7. The minimum absolute atomic E-state index is 0.0270. The van der Waals surface area contributed by atoms with Crippen LogP contribution in [0.5, 0.6) is 0 Å². The molecular weight excluding hydrogens is 622 g/mol. The number of hydrogen-bond acceptors (Lipinski definition) is 7. The largest absolute Gasteiger partial charge is 0.455 e. The number of benzene rings is 2. The number of halogens is 1. The second kappa shape index (κ2) is 14.0. The van der Waals surface area contributed by atoms with E-state index in [0.717, 1.165) is 5.56 Å². The molecule has 0 aromatic heterocycles. The van der Waals surface area contributed by atoms with E-state index in [1.807, 2.05) is 55.5 Å². The number of anilines is 1. The zero-order valence-electron chi connectivity index (χ0n) is 26.3. The van der Waals surface area contributed by atoms with Crippen molar-refractivity contribution in [3.05, 3.63) is 89.0 Å². The van der Waals surface area contributed by atoms with E-state index in [-0.39, 0.29) is 50.4 Å². The van der Waals surface area contributed by atoms with Crippen LogP contribution >= 0.6 is 11.6 Å². The maximum atomic E-state index is 14.7. The molecule has 3 amide bonds. The van der Waals surface area contributed by atoms with Crippen molar-refractivity contribution in [1.82, 2.24) is 10.2 Å². The predicted octanol–water partition coefficient (Wildman–Crippen LogP) is 4.05. The van der Waals surface area contributed by atoms with E-state index < -0.39 is 41.7 Å². The van der Waals surface area contributed by atoms with Crippen LogP contribution in [0, 0.1) is 18.8 Å². The fraction of sp³-hybridized carbons (Fsp3) is 0.444. The number of likely N-dealkylation sites (tertiary alicyclic amines) is 1. The van der Waals surface area contributed by atoms with Crippen LogP contribution in [0.25, 0.3) is 0 Å². The number of aliphatic hydroxyl groups is 1. The lowest BCUT2D eigenvalue weighted by molar-refractivity contribution is -0.159. The average Bonchev–Trinajstić information content (AvgIpc) is 3.44. The maximum Gasteiger partial charge on any atom is 0.313 e. The van der Waals surface area contributed by atoms with Crippen LogP contribution in [0.4, 0.5) is 5.69 Å². The van der Waals surface area contributed by atoms with Gasteiger partial charge in [0.15, 0.2) is 0 Å². The number of hydrogen-bond donors (Lipinski definition) is 2. The van der Waals surface area contributed by atoms with Crippen LogP contribution < -0.4 is 10.2 Å². The number of ether oxygens (including phenoxy) is 2. The molecule has 2 aromatic carbocycles. The Balaban J connectivity index is 1.42. The van der Waals surface area contributed by atoms with Crippen molar-refractivity contribution in [2.75, 3.05) is 31.1 Å². The molecule has 11 heteroatoms. The summed E-state index contributed by atoms with van der Waals surface area (Å²) in [7, 11) is 0. The first-order valence-corrected chi connectivity index (χ1v) is 16.7. The molecule has 0 aliphatic carbocycles. The van der Waals surface area contributed by atoms with Gasteiger partial charge in [-0.3, -0.25) is 19.2 Å². The lowest BCUT2D eigenvalue weighted by Gasteiger charge is -2.36. The molecule has 6 rings (SSSR count). The number of carbonyl (C=O) groups excluding carboxylic acids is 4. The third kappa shape index (κ3) is 6.22. The Bertz CT molecular complexity index is 1560. The van der Waals surface area contributed by atoms with Gasteiger partial charge in [-0.05, 0) is 49.8 Å². The highest BCUT2D eigenvalue weighted by atomic mass is 35.5. The summed E-state index contributed by atoms with van der Waals surface area (Å²) in [6, 6.07) is 13.5. The second-order valence-electron chi connectivity index (χ2n) is 12.5. The molecular formula is C36H40ClN3O7. The number of esters is 1. The molecule has 4 aliphatic rings. The number of aliphatic hydroxyl groups excluding tert-OH is 1. The molecule has 2 saturated heterocycles. The lowest BCUT2D eigenvalue weighted by Crippen LogP contribution is -2.55. The molecule has 1 spiro atoms. The molecule has 0 radical (unpaired) electrons. The molecule has 0 bridgehead atoms. The first-order valence-electron chi connectivity index (χ1n) is 16.3. The van der Waals surface area contributed by atoms with Crippen molar-refractivity contribution in [3.63, 3.8) is 0 Å². The Morgan fingerprint density at radius 1 is 1.00 bits per heavy atom. The highest BCUT2D eigenvalue weighted by Crippen LogP contribution is 2.53. The molecule has 4 aliphatic heterocycles. The van der Waals surface area contributed by atoms with E-state index in [9.17, 15) is 24.3 Å². The number of allylic oxidation sites excluding steroid dienone is 1. The van der Waals surface area contributed by atoms with Crippen LogP contribution in [-0.4, -0.2) is 77.7 Å². The normalized spacial score (nSPS) is 30.0. The molecule has 2 fully saturated rings. The number of nitrogens with zero attached hydrogens (tertiary/aromatic N) is 2. The van der Waals surface area contributed by atoms with Crippen molar-refractivity contribution in [2.24, 2.45) is 11.8 Å². The van der Waals surface area contributed by atoms with Gasteiger partial charge in [-0.15, -0.1) is 0 Å². The number of para-hydroxylation sites is 1. The van der Waals surface area contributed by atoms with Crippen molar-refractivity contribution in [3.8, 4) is 0 Å². The summed E-state index contributed by atoms with van der Waals surface area (Å²) in [6.07, 6.45) is 7.85. The highest BCUT2D eigenvalue weighted by molar-refractivity contribution is 6.34. The number of rotatable bonds is 7. The first kappa shape index (κ1) is 32.9. The lowest BCUT2D eigenvalue weighted by atomic mass is 9.78. The number of carbonyl (C=O) groups is 4. The Hall–Kier alpha value is -3.99. The minimum Gasteiger partial charge on any atom is -0.455 e. The summed E-state index contributed by atoms with van der Waals surface area (Å²) in [4.78, 5) is 59.4. The zero-order valence-corrected chi connectivity index (χ0v) is 27.1. The number of nitrogens with one attached hydrogen (secondary N) is 1. The first-order chi connectivity index (χ1) is 22.8. The standard InChI is InChI=1S/C36H40ClN3O7/c1-23-12-10-15-25(37)31(23)39-20-11-18-36-30(33(43)40(32(36)34(39)44)19-8-3-9-21-41)29-26(47-36)16-6-7-17-28(42)38-22-27(46-35(29)45)24-13-4-2-5-14-24/h2,4-6,10-16,18,26-27,29-30,32,41H,3,7-9,17,19-22H2,1H3,(H,38,42)/b16-6-/t26-,27+,29+,30+,32-,36+/m0/s1. The van der Waals surface area contributed by atoms with E-state index in [1.54, 1.807) is 34.1 Å². The van der Waals surface area contributed by atoms with Gasteiger partial charge in [0.05, 0.1) is 29.3 Å². The van der Waals surface area contributed by atoms with E-state index in [2.05, 4.69) is 5.32 Å². The average molecular weight is 662 g/mol. The fourth-order valence-electron chi connectivity index (χ4n) is 7.38. The van der Waals surface area contributed by atoms with Crippen molar-refractivity contribution < 1.29 is 33.8 Å². The Morgan fingerprint density at radius 2 is 1.81 bits per heavy atom. The number of amides is 3. The summed E-state index contributed by atoms with van der Waals surface area (Å²) in [5.74, 6) is -3.60. The smallest absolute Gasteiger partial charge is 0.313 e. The van der Waals surface area contributed by atoms with E-state index in [1.165, 1.54) is 0 Å². The van der Waals surface area contributed by atoms with Gasteiger partial charge < -0.3 is 29.7 Å². The van der Waals surface area contributed by atoms with Gasteiger partial charge in [-0.1, -0.05) is 78.4 Å². The van der Waals surface area contributed by atoms with Crippen LogP contribution in [-0.2, 0) is 28.7 Å². The van der Waals surface area contributed by atoms with Gasteiger partial charge in [0.2, 0.25) is 11.8 Å². The van der Waals surface area contributed by atoms with Crippen molar-refractivity contribution in [1.29, 1.82) is 0 Å². The Kier molecular flexibility index (Phi) is 9.82. The van der Waals surface area contributed by atoms with Crippen LogP contribution in [0.1, 0.15) is 49.3 Å². The quantitative estimate of drug-likeness (QED) is 0.261. The molecule has 2 N–H and O–H groups in total. The second-order valence-corrected chi connectivity index (χ2v) is 12.9. The number of unbranched alkanes of at least 4 members (excludes halogenated alkanes) is 2. The van der Waals surface area contributed by atoms with Crippen LogP contribution in [0.3, 0.4) is 0 Å². The highest BCUT2D eigenvalue weighted by Gasteiger charge is 2.71. The third-order valence-electron chi connectivity index (χ3n) is 9.56. The van der Waals surface area contributed by atoms with Crippen LogP contribution in [0.15, 0.2) is 72.8 Å². The molecule has 47 heavy (non-hydrogen) atoms. The molecule has 2 aromatic rings. The van der Waals surface area contributed by atoms with E-state index >= 15 is 0 Å². The molecule has 248 valence electrons. The number of aryl methyl sites for hydroxylation is 1. The summed E-state index contributed by atoms with van der Waals surface area (Å²) < 4.78 is 12.9. The van der Waals surface area contributed by atoms with Gasteiger partial charge in [-0.2, -0.15) is 0 Å². The number of fused-ring (bicyclic) bond motifs is 2. The van der Waals surface area contributed by atoms with Gasteiger partial charge in [-0.25, -0.2) is 0 Å². The zero-order chi connectivity index (χ0) is 33.1. The summed E-state index contributed by atoms with van der Waals surface area (Å²) >= 11 is 6.65. The number of cyclic esters (lactones) is 1. The van der Waals surface area contributed by atoms with Gasteiger partial charge in [0.1, 0.15) is 23.7 Å². The Morgan fingerprint density at radius 3 is 2.57 bits per heavy atom. The Labute approximate surface area is 279 Å². The summed E-state index contributed by atoms with van der Waals surface area (Å²) in [5, 5.41) is 12.6. The SMILES string of the molecule is Cc1cccc(Cl)c1N1CC=C[C@@]23O[C@H]4/C=C\CCC(=O)NC[C@H](c5ccccc5)OC(=O)[C@H]4[C@@H]2C(=O)N(CCCCCO)[C@H]3C1=O. The molecule has 10 nitrogen and oxygen atoms in total. The summed E-state index contributed by atoms with van der Waals surface area (Å²) in [6.45, 7) is 2.43. The molecule has 0 saturated carbocycles. The van der Waals surface area contributed by atoms with Crippen molar-refractivity contribution >= 4 is 41.0 Å². The molecule has 6 atom stereocenters. The predicted molar refractivity (Wildman–Crippen MR) is 175 cm³/mol. The fourth-order valence-corrected chi connectivity index (χ4v) is 7.71. The monoisotopic (exact) mass is 661 g/mol.